The van der Waals surface area contributed by atoms with Crippen molar-refractivity contribution in [1.82, 2.24) is 33.9 Å². The molecule has 4 aromatic heterocycles. The molecule has 0 saturated heterocycles. The van der Waals surface area contributed by atoms with Gasteiger partial charge in [-0.2, -0.15) is 28.2 Å². The van der Waals surface area contributed by atoms with E-state index in [2.05, 4.69) is 20.1 Å². The average Bonchev–Trinajstić information content (AvgIpc) is 3.47. The molecule has 0 radical (unpaired) electrons. The van der Waals surface area contributed by atoms with E-state index in [-0.39, 0.29) is 39.0 Å². The van der Waals surface area contributed by atoms with Gasteiger partial charge < -0.3 is 4.57 Å². The standard InChI is InChI=1S/C24H16ClF3N8O3S/c1-3-40(38,39)17-8-9-19(36-23(37)35(12-30-36)14-6-4-13(25)5-7-14)33-20(17)22-32-15-10-18(24(26,27)28)31-16(11-29)21(15)34(22)2/h4-10,12H,3H2,1-2H3. The number of nitrogens with zero attached hydrogens (tertiary/aromatic N) is 8. The first kappa shape index (κ1) is 27.0. The lowest BCUT2D eigenvalue weighted by Crippen LogP contribution is -2.23. The van der Waals surface area contributed by atoms with Gasteiger partial charge in [-0.05, 0) is 42.5 Å². The fraction of sp³-hybridized carbons (Fsp3) is 0.167. The summed E-state index contributed by atoms with van der Waals surface area (Å²) in [6.07, 6.45) is -3.61. The summed E-state index contributed by atoms with van der Waals surface area (Å²) in [6.45, 7) is 1.41. The molecule has 0 spiro atoms. The summed E-state index contributed by atoms with van der Waals surface area (Å²) in [5.41, 5.74) is -2.61. The van der Waals surface area contributed by atoms with Gasteiger partial charge in [0.15, 0.2) is 27.2 Å². The van der Waals surface area contributed by atoms with E-state index in [9.17, 15) is 31.6 Å². The summed E-state index contributed by atoms with van der Waals surface area (Å²) in [5.74, 6) is -0.560. The molecule has 204 valence electrons. The molecular weight excluding hydrogens is 573 g/mol. The Labute approximate surface area is 228 Å². The van der Waals surface area contributed by atoms with Crippen LogP contribution < -0.4 is 5.69 Å². The first-order valence-corrected chi connectivity index (χ1v) is 13.4. The molecule has 0 unspecified atom stereocenters. The minimum atomic E-state index is -4.85. The smallest absolute Gasteiger partial charge is 0.323 e. The quantitative estimate of drug-likeness (QED) is 0.302. The number of sulfone groups is 1. The maximum atomic E-state index is 13.4. The van der Waals surface area contributed by atoms with Gasteiger partial charge in [-0.1, -0.05) is 18.5 Å². The lowest BCUT2D eigenvalue weighted by Gasteiger charge is -2.11. The zero-order valence-electron chi connectivity index (χ0n) is 20.5. The third-order valence-corrected chi connectivity index (χ3v) is 8.02. The molecule has 1 aromatic carbocycles. The van der Waals surface area contributed by atoms with Crippen molar-refractivity contribution in [2.75, 3.05) is 5.75 Å². The highest BCUT2D eigenvalue weighted by Crippen LogP contribution is 2.34. The first-order chi connectivity index (χ1) is 18.9. The number of nitriles is 1. The van der Waals surface area contributed by atoms with Gasteiger partial charge in [-0.15, -0.1) is 0 Å². The molecular formula is C24H16ClF3N8O3S. The molecule has 11 nitrogen and oxygen atoms in total. The van der Waals surface area contributed by atoms with Crippen LogP contribution in [0.2, 0.25) is 5.02 Å². The molecule has 40 heavy (non-hydrogen) atoms. The molecule has 0 fully saturated rings. The second-order valence-electron chi connectivity index (χ2n) is 8.42. The minimum Gasteiger partial charge on any atom is -0.323 e. The van der Waals surface area contributed by atoms with Crippen molar-refractivity contribution >= 4 is 32.5 Å². The molecule has 16 heteroatoms. The molecule has 0 amide bonds. The van der Waals surface area contributed by atoms with E-state index in [1.54, 1.807) is 30.3 Å². The monoisotopic (exact) mass is 588 g/mol. The van der Waals surface area contributed by atoms with Crippen molar-refractivity contribution in [2.24, 2.45) is 7.05 Å². The van der Waals surface area contributed by atoms with Crippen LogP contribution in [-0.4, -0.2) is 48.0 Å². The summed E-state index contributed by atoms with van der Waals surface area (Å²) in [5, 5.41) is 14.0. The van der Waals surface area contributed by atoms with E-state index in [4.69, 9.17) is 11.6 Å². The van der Waals surface area contributed by atoms with Gasteiger partial charge in [0.1, 0.15) is 29.3 Å². The molecule has 0 N–H and O–H groups in total. The third-order valence-electron chi connectivity index (χ3n) is 6.01. The van der Waals surface area contributed by atoms with Crippen LogP contribution >= 0.6 is 11.6 Å². The number of benzene rings is 1. The highest BCUT2D eigenvalue weighted by Gasteiger charge is 2.35. The summed E-state index contributed by atoms with van der Waals surface area (Å²) in [6, 6.07) is 11.2. The molecule has 0 saturated carbocycles. The number of aryl methyl sites for hydroxylation is 1. The minimum absolute atomic E-state index is 0.0540. The molecule has 0 atom stereocenters. The Balaban J connectivity index is 1.76. The highest BCUT2D eigenvalue weighted by atomic mass is 35.5. The van der Waals surface area contributed by atoms with Crippen LogP contribution in [0.4, 0.5) is 13.2 Å². The number of alkyl halides is 3. The number of pyridine rings is 2. The first-order valence-electron chi connectivity index (χ1n) is 11.4. The molecule has 0 aliphatic carbocycles. The Morgan fingerprint density at radius 2 is 1.77 bits per heavy atom. The van der Waals surface area contributed by atoms with Crippen LogP contribution in [-0.2, 0) is 23.1 Å². The Morgan fingerprint density at radius 1 is 1.07 bits per heavy atom. The van der Waals surface area contributed by atoms with Crippen LogP contribution in [0.1, 0.15) is 18.3 Å². The topological polar surface area (TPSA) is 141 Å². The normalized spacial score (nSPS) is 12.1. The van der Waals surface area contributed by atoms with Crippen LogP contribution in [0, 0.1) is 11.3 Å². The van der Waals surface area contributed by atoms with Crippen molar-refractivity contribution in [2.45, 2.75) is 18.0 Å². The van der Waals surface area contributed by atoms with Crippen molar-refractivity contribution < 1.29 is 21.6 Å². The SMILES string of the molecule is CCS(=O)(=O)c1ccc(-n2ncn(-c3ccc(Cl)cc3)c2=O)nc1-c1nc2cc(C(F)(F)F)nc(C#N)c2n1C. The van der Waals surface area contributed by atoms with Gasteiger partial charge >= 0.3 is 11.9 Å². The van der Waals surface area contributed by atoms with Crippen LogP contribution in [0.15, 0.2) is 58.5 Å². The molecule has 0 bridgehead atoms. The highest BCUT2D eigenvalue weighted by molar-refractivity contribution is 7.91. The van der Waals surface area contributed by atoms with Crippen molar-refractivity contribution in [3.63, 3.8) is 0 Å². The van der Waals surface area contributed by atoms with Crippen molar-refractivity contribution in [3.8, 4) is 29.1 Å². The summed E-state index contributed by atoms with van der Waals surface area (Å²) < 4.78 is 69.5. The second-order valence-corrected chi connectivity index (χ2v) is 11.1. The molecule has 5 aromatic rings. The number of imidazole rings is 1. The van der Waals surface area contributed by atoms with Gasteiger partial charge in [-0.25, -0.2) is 32.7 Å². The number of fused-ring (bicyclic) bond motifs is 1. The number of hydrogen-bond acceptors (Lipinski definition) is 8. The fourth-order valence-electron chi connectivity index (χ4n) is 4.03. The van der Waals surface area contributed by atoms with E-state index in [0.717, 1.165) is 4.68 Å². The van der Waals surface area contributed by atoms with E-state index >= 15 is 0 Å². The van der Waals surface area contributed by atoms with E-state index in [1.807, 2.05) is 0 Å². The van der Waals surface area contributed by atoms with Gasteiger partial charge in [-0.3, -0.25) is 0 Å². The van der Waals surface area contributed by atoms with Crippen LogP contribution in [0.5, 0.6) is 0 Å². The van der Waals surface area contributed by atoms with Gasteiger partial charge in [0.25, 0.3) is 0 Å². The van der Waals surface area contributed by atoms with Gasteiger partial charge in [0, 0.05) is 12.1 Å². The van der Waals surface area contributed by atoms with E-state index in [0.29, 0.717) is 16.8 Å². The zero-order valence-corrected chi connectivity index (χ0v) is 22.1. The number of halogens is 4. The Kier molecular flexibility index (Phi) is 6.47. The maximum Gasteiger partial charge on any atom is 0.433 e. The number of rotatable bonds is 5. The maximum absolute atomic E-state index is 13.4. The fourth-order valence-corrected chi connectivity index (χ4v) is 5.18. The van der Waals surface area contributed by atoms with Crippen molar-refractivity contribution in [1.29, 1.82) is 5.26 Å². The Hall–Kier alpha value is -4.55. The molecule has 0 aliphatic heterocycles. The zero-order chi connectivity index (χ0) is 29.0. The molecule has 4 heterocycles. The average molecular weight is 589 g/mol. The number of hydrogen-bond donors (Lipinski definition) is 0. The summed E-state index contributed by atoms with van der Waals surface area (Å²) in [7, 11) is -2.54. The van der Waals surface area contributed by atoms with Crippen LogP contribution in [0.3, 0.4) is 0 Å². The lowest BCUT2D eigenvalue weighted by molar-refractivity contribution is -0.141. The molecule has 0 aliphatic rings. The predicted molar refractivity (Wildman–Crippen MR) is 137 cm³/mol. The predicted octanol–water partition coefficient (Wildman–Crippen LogP) is 3.70. The lowest BCUT2D eigenvalue weighted by atomic mass is 10.2. The van der Waals surface area contributed by atoms with Gasteiger partial charge in [0.2, 0.25) is 0 Å². The van der Waals surface area contributed by atoms with E-state index < -0.39 is 33.1 Å². The van der Waals surface area contributed by atoms with Crippen LogP contribution in [0.25, 0.3) is 34.1 Å². The van der Waals surface area contributed by atoms with Gasteiger partial charge in [0.05, 0.1) is 21.9 Å². The Bertz CT molecular complexity index is 2010. The van der Waals surface area contributed by atoms with Crippen molar-refractivity contribution in [3.05, 3.63) is 75.7 Å². The summed E-state index contributed by atoms with van der Waals surface area (Å²) >= 11 is 5.92. The Morgan fingerprint density at radius 3 is 2.40 bits per heavy atom. The number of aromatic nitrogens is 7. The largest absolute Gasteiger partial charge is 0.433 e. The van der Waals surface area contributed by atoms with E-state index in [1.165, 1.54) is 41.6 Å². The third kappa shape index (κ3) is 4.50. The summed E-state index contributed by atoms with van der Waals surface area (Å²) in [4.78, 5) is 24.9. The second kappa shape index (κ2) is 9.57. The molecule has 5 rings (SSSR count).